The molecule has 1 aromatic rings. The van der Waals surface area contributed by atoms with Crippen LogP contribution in [0, 0.1) is 0 Å². The fraction of sp³-hybridized carbons (Fsp3) is 0.571. The average Bonchev–Trinajstić information content (AvgIpc) is 2.79. The molecule has 1 saturated heterocycles. The Morgan fingerprint density at radius 3 is 2.38 bits per heavy atom. The molecule has 7 heteroatoms. The maximum Gasteiger partial charge on any atom is 0.243 e. The van der Waals surface area contributed by atoms with Gasteiger partial charge in [0, 0.05) is 12.1 Å². The predicted molar refractivity (Wildman–Crippen MR) is 82.3 cm³/mol. The number of sulfone groups is 1. The Kier molecular flexibility index (Phi) is 4.75. The molecule has 0 amide bonds. The Morgan fingerprint density at radius 1 is 1.29 bits per heavy atom. The third-order valence-electron chi connectivity index (χ3n) is 3.91. The van der Waals surface area contributed by atoms with Crippen LogP contribution in [0.5, 0.6) is 0 Å². The molecule has 0 aliphatic carbocycles. The van der Waals surface area contributed by atoms with Gasteiger partial charge in [-0.3, -0.25) is 0 Å². The Labute approximate surface area is 126 Å². The molecule has 0 bridgehead atoms. The molecule has 118 valence electrons. The topological polar surface area (TPSA) is 71.5 Å². The smallest absolute Gasteiger partial charge is 0.229 e. The van der Waals surface area contributed by atoms with Gasteiger partial charge in [-0.05, 0) is 31.9 Å². The number of sulfonamides is 1. The highest BCUT2D eigenvalue weighted by molar-refractivity contribution is 7.92. The molecule has 0 radical (unpaired) electrons. The number of nitrogens with zero attached hydrogens (tertiary/aromatic N) is 1. The monoisotopic (exact) mass is 331 g/mol. The Balaban J connectivity index is 2.42. The van der Waals surface area contributed by atoms with Crippen molar-refractivity contribution >= 4 is 19.9 Å². The first-order chi connectivity index (χ1) is 9.78. The largest absolute Gasteiger partial charge is 0.243 e. The minimum Gasteiger partial charge on any atom is -0.229 e. The summed E-state index contributed by atoms with van der Waals surface area (Å²) in [7, 11) is -6.81. The third kappa shape index (κ3) is 3.46. The van der Waals surface area contributed by atoms with Gasteiger partial charge in [0.1, 0.15) is 0 Å². The quantitative estimate of drug-likeness (QED) is 0.823. The van der Waals surface area contributed by atoms with Gasteiger partial charge >= 0.3 is 0 Å². The maximum absolute atomic E-state index is 12.9. The molecule has 5 nitrogen and oxygen atoms in total. The lowest BCUT2D eigenvalue weighted by molar-refractivity contribution is 0.271. The second-order valence-corrected chi connectivity index (χ2v) is 9.53. The summed E-state index contributed by atoms with van der Waals surface area (Å²) in [6.45, 7) is 3.73. The van der Waals surface area contributed by atoms with Crippen LogP contribution < -0.4 is 0 Å². The first-order valence-corrected chi connectivity index (χ1v) is 10.3. The zero-order valence-electron chi connectivity index (χ0n) is 12.3. The van der Waals surface area contributed by atoms with Crippen molar-refractivity contribution in [2.24, 2.45) is 0 Å². The van der Waals surface area contributed by atoms with Crippen molar-refractivity contribution in [1.82, 2.24) is 4.31 Å². The van der Waals surface area contributed by atoms with Crippen molar-refractivity contribution in [3.8, 4) is 0 Å². The van der Waals surface area contributed by atoms with Crippen molar-refractivity contribution in [3.05, 3.63) is 30.3 Å². The standard InChI is InChI=1S/C14H21NO4S2/c1-3-12(2)15(13-9-10-20(16,17)11-13)21(18,19)14-7-5-4-6-8-14/h4-8,12-13H,3,9-11H2,1-2H3/t12-,13+/m1/s1. The van der Waals surface area contributed by atoms with Crippen LogP contribution in [0.25, 0.3) is 0 Å². The van der Waals surface area contributed by atoms with Crippen LogP contribution in [0.1, 0.15) is 26.7 Å². The molecule has 0 N–H and O–H groups in total. The van der Waals surface area contributed by atoms with Crippen molar-refractivity contribution < 1.29 is 16.8 Å². The summed E-state index contributed by atoms with van der Waals surface area (Å²) in [5.74, 6) is -0.0156. The molecule has 1 heterocycles. The van der Waals surface area contributed by atoms with E-state index in [0.29, 0.717) is 12.8 Å². The minimum atomic E-state index is -3.68. The number of benzene rings is 1. The normalized spacial score (nSPS) is 23.3. The third-order valence-corrected chi connectivity index (χ3v) is 7.74. The number of hydrogen-bond donors (Lipinski definition) is 0. The Hall–Kier alpha value is -0.920. The molecule has 0 aromatic heterocycles. The van der Waals surface area contributed by atoms with E-state index >= 15 is 0 Å². The molecule has 2 atom stereocenters. The van der Waals surface area contributed by atoms with Crippen LogP contribution >= 0.6 is 0 Å². The van der Waals surface area contributed by atoms with E-state index in [0.717, 1.165) is 0 Å². The summed E-state index contributed by atoms with van der Waals surface area (Å²) in [6, 6.07) is 7.51. The zero-order valence-corrected chi connectivity index (χ0v) is 13.9. The van der Waals surface area contributed by atoms with Gasteiger partial charge in [0.2, 0.25) is 10.0 Å². The Morgan fingerprint density at radius 2 is 1.90 bits per heavy atom. The van der Waals surface area contributed by atoms with E-state index in [-0.39, 0.29) is 22.4 Å². The predicted octanol–water partition coefficient (Wildman–Crippen LogP) is 1.66. The fourth-order valence-electron chi connectivity index (χ4n) is 2.66. The molecular weight excluding hydrogens is 310 g/mol. The van der Waals surface area contributed by atoms with Gasteiger partial charge in [-0.15, -0.1) is 0 Å². The lowest BCUT2D eigenvalue weighted by Crippen LogP contribution is -2.46. The van der Waals surface area contributed by atoms with E-state index in [9.17, 15) is 16.8 Å². The molecular formula is C14H21NO4S2. The van der Waals surface area contributed by atoms with Crippen LogP contribution in [0.3, 0.4) is 0 Å². The highest BCUT2D eigenvalue weighted by Crippen LogP contribution is 2.28. The van der Waals surface area contributed by atoms with Crippen LogP contribution in [0.15, 0.2) is 35.2 Å². The molecule has 1 aliphatic rings. The van der Waals surface area contributed by atoms with E-state index in [2.05, 4.69) is 0 Å². The van der Waals surface area contributed by atoms with E-state index in [4.69, 9.17) is 0 Å². The first kappa shape index (κ1) is 16.5. The minimum absolute atomic E-state index is 0.0644. The highest BCUT2D eigenvalue weighted by atomic mass is 32.2. The Bertz CT molecular complexity index is 683. The summed E-state index contributed by atoms with van der Waals surface area (Å²) in [5.41, 5.74) is 0. The van der Waals surface area contributed by atoms with Gasteiger partial charge in [-0.2, -0.15) is 4.31 Å². The van der Waals surface area contributed by atoms with Crippen LogP contribution in [-0.2, 0) is 19.9 Å². The summed E-state index contributed by atoms with van der Waals surface area (Å²) < 4.78 is 50.5. The van der Waals surface area contributed by atoms with Crippen molar-refractivity contribution in [2.75, 3.05) is 11.5 Å². The van der Waals surface area contributed by atoms with Crippen LogP contribution in [-0.4, -0.2) is 44.7 Å². The van der Waals surface area contributed by atoms with E-state index in [1.807, 2.05) is 13.8 Å². The molecule has 21 heavy (non-hydrogen) atoms. The first-order valence-electron chi connectivity index (χ1n) is 7.07. The number of hydrogen-bond acceptors (Lipinski definition) is 4. The number of rotatable bonds is 5. The van der Waals surface area contributed by atoms with Crippen molar-refractivity contribution in [2.45, 2.75) is 43.7 Å². The second kappa shape index (κ2) is 6.06. The van der Waals surface area contributed by atoms with E-state index in [1.165, 1.54) is 4.31 Å². The molecule has 0 unspecified atom stereocenters. The lowest BCUT2D eigenvalue weighted by atomic mass is 10.2. The molecule has 1 aromatic carbocycles. The van der Waals surface area contributed by atoms with Crippen molar-refractivity contribution in [3.63, 3.8) is 0 Å². The fourth-order valence-corrected chi connectivity index (χ4v) is 6.41. The SMILES string of the molecule is CC[C@@H](C)N([C@H]1CCS(=O)(=O)C1)S(=O)(=O)c1ccccc1. The van der Waals surface area contributed by atoms with Gasteiger partial charge in [-0.25, -0.2) is 16.8 Å². The lowest BCUT2D eigenvalue weighted by Gasteiger charge is -2.32. The van der Waals surface area contributed by atoms with Crippen LogP contribution in [0.4, 0.5) is 0 Å². The van der Waals surface area contributed by atoms with Gasteiger partial charge in [0.05, 0.1) is 16.4 Å². The summed E-state index contributed by atoms with van der Waals surface area (Å²) in [4.78, 5) is 0.217. The zero-order chi connectivity index (χ0) is 15.7. The summed E-state index contributed by atoms with van der Waals surface area (Å²) >= 11 is 0. The second-order valence-electron chi connectivity index (χ2n) is 5.46. The molecule has 2 rings (SSSR count). The summed E-state index contributed by atoms with van der Waals surface area (Å²) in [6.07, 6.45) is 1.02. The van der Waals surface area contributed by atoms with Crippen LogP contribution in [0.2, 0.25) is 0 Å². The maximum atomic E-state index is 12.9. The van der Waals surface area contributed by atoms with Gasteiger partial charge in [0.15, 0.2) is 9.84 Å². The summed E-state index contributed by atoms with van der Waals surface area (Å²) in [5, 5.41) is 0. The molecule has 0 spiro atoms. The van der Waals surface area contributed by atoms with E-state index in [1.54, 1.807) is 30.3 Å². The van der Waals surface area contributed by atoms with Gasteiger partial charge in [-0.1, -0.05) is 25.1 Å². The molecule has 1 aliphatic heterocycles. The van der Waals surface area contributed by atoms with Crippen molar-refractivity contribution in [1.29, 1.82) is 0 Å². The van der Waals surface area contributed by atoms with Gasteiger partial charge < -0.3 is 0 Å². The highest BCUT2D eigenvalue weighted by Gasteiger charge is 2.40. The molecule has 0 saturated carbocycles. The average molecular weight is 331 g/mol. The van der Waals surface area contributed by atoms with E-state index < -0.39 is 25.9 Å². The van der Waals surface area contributed by atoms with Gasteiger partial charge in [0.25, 0.3) is 0 Å². The molecule has 1 fully saturated rings.